The van der Waals surface area contributed by atoms with Crippen molar-refractivity contribution in [3.8, 4) is 0 Å². The summed E-state index contributed by atoms with van der Waals surface area (Å²) in [5, 5.41) is 14.8. The molecule has 2 rings (SSSR count). The van der Waals surface area contributed by atoms with Crippen LogP contribution in [0.5, 0.6) is 0 Å². The van der Waals surface area contributed by atoms with Crippen LogP contribution >= 0.6 is 11.8 Å². The number of hydrogen-bond donors (Lipinski definition) is 3. The van der Waals surface area contributed by atoms with E-state index in [2.05, 4.69) is 10.5 Å². The number of hydrogen-bond acceptors (Lipinski definition) is 7. The van der Waals surface area contributed by atoms with Crippen LogP contribution in [0.1, 0.15) is 0 Å². The average molecular weight is 314 g/mol. The molecule has 114 valence electrons. The number of nitrogens with one attached hydrogen (secondary N) is 1. The predicted octanol–water partition coefficient (Wildman–Crippen LogP) is -1.68. The van der Waals surface area contributed by atoms with E-state index in [0.29, 0.717) is 11.3 Å². The number of aliphatic carboxylic acids is 1. The lowest BCUT2D eigenvalue weighted by Gasteiger charge is -2.47. The Hall–Kier alpha value is -2.07. The number of carbonyl (C=O) groups is 3. The van der Waals surface area contributed by atoms with E-state index in [-0.39, 0.29) is 23.6 Å². The molecule has 10 heteroatoms. The van der Waals surface area contributed by atoms with Crippen molar-refractivity contribution in [2.24, 2.45) is 10.9 Å². The Kier molecular flexibility index (Phi) is 4.48. The molecule has 0 aromatic rings. The van der Waals surface area contributed by atoms with Gasteiger partial charge in [0.2, 0.25) is 5.91 Å². The number of rotatable bonds is 5. The highest BCUT2D eigenvalue weighted by atomic mass is 32.2. The van der Waals surface area contributed by atoms with Gasteiger partial charge in [-0.05, 0) is 0 Å². The molecule has 2 aliphatic heterocycles. The molecule has 0 bridgehead atoms. The number of amides is 2. The number of carbonyl (C=O) groups excluding carboxylic acids is 2. The van der Waals surface area contributed by atoms with E-state index in [4.69, 9.17) is 10.6 Å². The second kappa shape index (κ2) is 6.14. The van der Waals surface area contributed by atoms with Gasteiger partial charge in [-0.1, -0.05) is 5.16 Å². The van der Waals surface area contributed by atoms with Gasteiger partial charge in [0.05, 0.1) is 6.21 Å². The Morgan fingerprint density at radius 2 is 2.38 bits per heavy atom. The molecule has 1 fully saturated rings. The lowest BCUT2D eigenvalue weighted by molar-refractivity contribution is -0.147. The summed E-state index contributed by atoms with van der Waals surface area (Å²) in [4.78, 5) is 39.8. The molecule has 0 radical (unpaired) electrons. The first-order chi connectivity index (χ1) is 9.97. The normalized spacial score (nSPS) is 24.7. The van der Waals surface area contributed by atoms with Gasteiger partial charge in [0, 0.05) is 18.4 Å². The van der Waals surface area contributed by atoms with Crippen LogP contribution in [-0.2, 0) is 19.2 Å². The molecule has 4 N–H and O–H groups in total. The molecule has 2 heterocycles. The Balaban J connectivity index is 2.12. The minimum Gasteiger partial charge on any atom is -0.477 e. The van der Waals surface area contributed by atoms with Crippen molar-refractivity contribution >= 4 is 35.8 Å². The van der Waals surface area contributed by atoms with E-state index in [1.165, 1.54) is 25.0 Å². The first kappa shape index (κ1) is 15.3. The summed E-state index contributed by atoms with van der Waals surface area (Å²) < 4.78 is 0. The van der Waals surface area contributed by atoms with Gasteiger partial charge >= 0.3 is 5.97 Å². The summed E-state index contributed by atoms with van der Waals surface area (Å²) in [5.74, 6) is -1.67. The van der Waals surface area contributed by atoms with E-state index in [9.17, 15) is 19.5 Å². The van der Waals surface area contributed by atoms with E-state index < -0.39 is 17.9 Å². The highest BCUT2D eigenvalue weighted by Crippen LogP contribution is 2.38. The van der Waals surface area contributed by atoms with E-state index in [1.807, 2.05) is 0 Å². The molecule has 2 atom stereocenters. The maximum atomic E-state index is 11.7. The molecular weight excluding hydrogens is 300 g/mol. The topological polar surface area (TPSA) is 134 Å². The predicted molar refractivity (Wildman–Crippen MR) is 74.2 cm³/mol. The molecule has 0 aromatic heterocycles. The summed E-state index contributed by atoms with van der Waals surface area (Å²) >= 11 is 1.36. The largest absolute Gasteiger partial charge is 0.477 e. The van der Waals surface area contributed by atoms with Crippen LogP contribution in [-0.4, -0.2) is 64.8 Å². The third-order valence-corrected chi connectivity index (χ3v) is 4.32. The van der Waals surface area contributed by atoms with Gasteiger partial charge < -0.3 is 21.0 Å². The molecule has 2 aliphatic rings. The van der Waals surface area contributed by atoms with Crippen LogP contribution in [0.2, 0.25) is 0 Å². The zero-order chi connectivity index (χ0) is 15.6. The van der Waals surface area contributed by atoms with Crippen molar-refractivity contribution in [1.29, 1.82) is 0 Å². The molecule has 21 heavy (non-hydrogen) atoms. The third-order valence-electron chi connectivity index (χ3n) is 3.00. The van der Waals surface area contributed by atoms with Gasteiger partial charge in [-0.25, -0.2) is 4.79 Å². The first-order valence-electron chi connectivity index (χ1n) is 6.00. The monoisotopic (exact) mass is 314 g/mol. The summed E-state index contributed by atoms with van der Waals surface area (Å²) in [6, 6.07) is -0.674. The fourth-order valence-electron chi connectivity index (χ4n) is 1.91. The Morgan fingerprint density at radius 1 is 1.67 bits per heavy atom. The van der Waals surface area contributed by atoms with Gasteiger partial charge in [0.15, 0.2) is 6.61 Å². The number of nitrogens with zero attached hydrogens (tertiary/aromatic N) is 2. The van der Waals surface area contributed by atoms with Gasteiger partial charge in [0.1, 0.15) is 17.1 Å². The van der Waals surface area contributed by atoms with Gasteiger partial charge in [0.25, 0.3) is 5.91 Å². The van der Waals surface area contributed by atoms with Crippen LogP contribution in [0, 0.1) is 0 Å². The third kappa shape index (κ3) is 2.85. The molecule has 9 nitrogen and oxygen atoms in total. The van der Waals surface area contributed by atoms with Gasteiger partial charge in [-0.2, -0.15) is 0 Å². The number of nitrogens with two attached hydrogens (primary N) is 1. The van der Waals surface area contributed by atoms with Crippen LogP contribution < -0.4 is 11.1 Å². The maximum absolute atomic E-state index is 11.7. The number of oxime groups is 1. The standard InChI is InChI=1S/C11H14N4O5S/c1-13-6(16)3-20-14-2-5-4-21-10-7(12)9(17)15(10)8(5)11(18)19/h2,7,10H,3-4,12H2,1H3,(H,13,16)(H,18,19)/b14-2+/t7-,10-/m1/s1. The molecule has 0 spiro atoms. The highest BCUT2D eigenvalue weighted by molar-refractivity contribution is 8.00. The van der Waals surface area contributed by atoms with Crippen molar-refractivity contribution in [3.63, 3.8) is 0 Å². The van der Waals surface area contributed by atoms with Crippen molar-refractivity contribution in [2.45, 2.75) is 11.4 Å². The van der Waals surface area contributed by atoms with Gasteiger partial charge in [-0.3, -0.25) is 14.5 Å². The quantitative estimate of drug-likeness (QED) is 0.313. The molecule has 1 saturated heterocycles. The lowest BCUT2D eigenvalue weighted by atomic mass is 10.0. The fraction of sp³-hybridized carbons (Fsp3) is 0.455. The zero-order valence-electron chi connectivity index (χ0n) is 11.1. The summed E-state index contributed by atoms with van der Waals surface area (Å²) in [6.07, 6.45) is 1.20. The number of β-lactam (4-membered cyclic amide) rings is 1. The second-order valence-electron chi connectivity index (χ2n) is 4.30. The summed E-state index contributed by atoms with van der Waals surface area (Å²) in [6.45, 7) is -0.272. The smallest absolute Gasteiger partial charge is 0.353 e. The minimum absolute atomic E-state index is 0.141. The minimum atomic E-state index is -1.23. The summed E-state index contributed by atoms with van der Waals surface area (Å²) in [7, 11) is 1.46. The van der Waals surface area contributed by atoms with Crippen molar-refractivity contribution < 1.29 is 24.3 Å². The number of likely N-dealkylation sites (N-methyl/N-ethyl adjacent to an activating group) is 1. The molecule has 0 aliphatic carbocycles. The lowest BCUT2D eigenvalue weighted by Crippen LogP contribution is -2.68. The van der Waals surface area contributed by atoms with E-state index in [0.717, 1.165) is 4.90 Å². The number of carboxylic acids is 1. The van der Waals surface area contributed by atoms with Crippen LogP contribution in [0.15, 0.2) is 16.4 Å². The molecule has 0 unspecified atom stereocenters. The van der Waals surface area contributed by atoms with E-state index >= 15 is 0 Å². The Bertz CT molecular complexity index is 547. The molecule has 0 saturated carbocycles. The fourth-order valence-corrected chi connectivity index (χ4v) is 3.15. The second-order valence-corrected chi connectivity index (χ2v) is 5.40. The number of thioether (sulfide) groups is 1. The Labute approximate surface area is 124 Å². The average Bonchev–Trinajstić information content (AvgIpc) is 2.49. The van der Waals surface area contributed by atoms with Crippen molar-refractivity contribution in [1.82, 2.24) is 10.2 Å². The zero-order valence-corrected chi connectivity index (χ0v) is 11.9. The number of carboxylic acid groups (broad SMARTS) is 1. The Morgan fingerprint density at radius 3 is 3.00 bits per heavy atom. The van der Waals surface area contributed by atoms with Crippen molar-refractivity contribution in [2.75, 3.05) is 19.4 Å². The maximum Gasteiger partial charge on any atom is 0.353 e. The molecule has 0 aromatic carbocycles. The SMILES string of the molecule is CNC(=O)CO/N=C/C1=C(C(=O)O)N2C(=O)[C@@H](N)[C@H]2SC1. The van der Waals surface area contributed by atoms with Crippen LogP contribution in [0.25, 0.3) is 0 Å². The number of fused-ring (bicyclic) bond motifs is 1. The van der Waals surface area contributed by atoms with Crippen LogP contribution in [0.3, 0.4) is 0 Å². The van der Waals surface area contributed by atoms with Gasteiger partial charge in [-0.15, -0.1) is 11.8 Å². The highest BCUT2D eigenvalue weighted by Gasteiger charge is 2.51. The van der Waals surface area contributed by atoms with Crippen molar-refractivity contribution in [3.05, 3.63) is 11.3 Å². The van der Waals surface area contributed by atoms with E-state index in [1.54, 1.807) is 0 Å². The van der Waals surface area contributed by atoms with Crippen LogP contribution in [0.4, 0.5) is 0 Å². The summed E-state index contributed by atoms with van der Waals surface area (Å²) in [5.41, 5.74) is 5.82. The molecule has 2 amide bonds. The molecular formula is C11H14N4O5S. The first-order valence-corrected chi connectivity index (χ1v) is 7.05.